The number of benzene rings is 1. The number of carbonyl (C=O) groups is 1. The van der Waals surface area contributed by atoms with Crippen molar-refractivity contribution in [2.75, 3.05) is 12.4 Å². The third-order valence-electron chi connectivity index (χ3n) is 4.58. The van der Waals surface area contributed by atoms with Crippen molar-refractivity contribution in [2.45, 2.75) is 44.6 Å². The van der Waals surface area contributed by atoms with Gasteiger partial charge in [0.2, 0.25) is 5.13 Å². The molecular formula is C17H22N4OS. The molecule has 1 saturated carbocycles. The highest BCUT2D eigenvalue weighted by molar-refractivity contribution is 7.15. The Morgan fingerprint density at radius 1 is 1.17 bits per heavy atom. The molecule has 0 atom stereocenters. The van der Waals surface area contributed by atoms with Crippen LogP contribution in [0.5, 0.6) is 0 Å². The topological polar surface area (TPSA) is 58.1 Å². The van der Waals surface area contributed by atoms with Crippen LogP contribution in [0.25, 0.3) is 0 Å². The van der Waals surface area contributed by atoms with Gasteiger partial charge >= 0.3 is 6.03 Å². The highest BCUT2D eigenvalue weighted by atomic mass is 32.1. The number of urea groups is 1. The first kappa shape index (κ1) is 15.9. The Bertz CT molecular complexity index is 650. The minimum atomic E-state index is -0.0932. The van der Waals surface area contributed by atoms with Crippen LogP contribution in [-0.2, 0) is 0 Å². The fraction of sp³-hybridized carbons (Fsp3) is 0.471. The van der Waals surface area contributed by atoms with Crippen LogP contribution < -0.4 is 5.32 Å². The average molecular weight is 330 g/mol. The number of anilines is 1. The molecule has 0 saturated heterocycles. The summed E-state index contributed by atoms with van der Waals surface area (Å²) >= 11 is 1.40. The molecule has 0 unspecified atom stereocenters. The van der Waals surface area contributed by atoms with Gasteiger partial charge in [-0.3, -0.25) is 5.32 Å². The van der Waals surface area contributed by atoms with Crippen LogP contribution in [0.15, 0.2) is 30.3 Å². The van der Waals surface area contributed by atoms with Crippen molar-refractivity contribution in [3.8, 4) is 0 Å². The van der Waals surface area contributed by atoms with E-state index < -0.39 is 0 Å². The number of hydrogen-bond donors (Lipinski definition) is 1. The van der Waals surface area contributed by atoms with E-state index in [0.29, 0.717) is 17.1 Å². The number of hydrogen-bond acceptors (Lipinski definition) is 4. The smallest absolute Gasteiger partial charge is 0.323 e. The lowest BCUT2D eigenvalue weighted by Gasteiger charge is -2.34. The van der Waals surface area contributed by atoms with Gasteiger partial charge in [0.05, 0.1) is 0 Å². The maximum atomic E-state index is 12.3. The predicted octanol–water partition coefficient (Wildman–Crippen LogP) is 4.04. The summed E-state index contributed by atoms with van der Waals surface area (Å²) in [5.41, 5.74) is 1.42. The highest BCUT2D eigenvalue weighted by Crippen LogP contribution is 2.34. The molecule has 2 amide bonds. The van der Waals surface area contributed by atoms with E-state index in [1.807, 2.05) is 18.9 Å². The molecule has 0 aliphatic heterocycles. The molecule has 0 radical (unpaired) electrons. The lowest BCUT2D eigenvalue weighted by atomic mass is 9.81. The summed E-state index contributed by atoms with van der Waals surface area (Å²) in [4.78, 5) is 14.1. The summed E-state index contributed by atoms with van der Waals surface area (Å²) < 4.78 is 0. The number of carbonyl (C=O) groups excluding carboxylic acids is 1. The van der Waals surface area contributed by atoms with Crippen LogP contribution >= 0.6 is 11.3 Å². The van der Waals surface area contributed by atoms with Gasteiger partial charge in [-0.15, -0.1) is 10.2 Å². The molecule has 1 fully saturated rings. The van der Waals surface area contributed by atoms with Crippen molar-refractivity contribution >= 4 is 22.5 Å². The SMILES string of the molecule is Cc1nnc(NC(=O)N(C)C2CCC(c3ccccc3)CC2)s1. The van der Waals surface area contributed by atoms with Crippen LogP contribution in [-0.4, -0.2) is 34.2 Å². The molecule has 1 N–H and O–H groups in total. The minimum Gasteiger partial charge on any atom is -0.325 e. The Morgan fingerprint density at radius 3 is 2.48 bits per heavy atom. The van der Waals surface area contributed by atoms with Gasteiger partial charge in [0.25, 0.3) is 0 Å². The zero-order valence-electron chi connectivity index (χ0n) is 13.5. The third kappa shape index (κ3) is 3.88. The van der Waals surface area contributed by atoms with Crippen LogP contribution in [0, 0.1) is 6.92 Å². The van der Waals surface area contributed by atoms with Crippen molar-refractivity contribution in [1.82, 2.24) is 15.1 Å². The maximum Gasteiger partial charge on any atom is 0.323 e. The zero-order valence-corrected chi connectivity index (χ0v) is 14.3. The first-order valence-corrected chi connectivity index (χ1v) is 8.84. The van der Waals surface area contributed by atoms with E-state index in [2.05, 4.69) is 45.8 Å². The summed E-state index contributed by atoms with van der Waals surface area (Å²) in [7, 11) is 1.87. The Hall–Kier alpha value is -1.95. The van der Waals surface area contributed by atoms with Gasteiger partial charge in [-0.1, -0.05) is 41.7 Å². The van der Waals surface area contributed by atoms with Crippen molar-refractivity contribution in [2.24, 2.45) is 0 Å². The van der Waals surface area contributed by atoms with E-state index in [4.69, 9.17) is 0 Å². The second kappa shape index (κ2) is 7.08. The fourth-order valence-corrected chi connectivity index (χ4v) is 3.80. The Kier molecular flexibility index (Phi) is 4.91. The molecule has 23 heavy (non-hydrogen) atoms. The number of nitrogens with zero attached hydrogens (tertiary/aromatic N) is 3. The second-order valence-corrected chi connectivity index (χ2v) is 7.27. The number of nitrogens with one attached hydrogen (secondary N) is 1. The third-order valence-corrected chi connectivity index (χ3v) is 5.33. The molecule has 2 aromatic rings. The van der Waals surface area contributed by atoms with Crippen molar-refractivity contribution in [3.05, 3.63) is 40.9 Å². The first-order chi connectivity index (χ1) is 11.1. The average Bonchev–Trinajstić information content (AvgIpc) is 3.00. The summed E-state index contributed by atoms with van der Waals surface area (Å²) in [5, 5.41) is 12.1. The van der Waals surface area contributed by atoms with Crippen LogP contribution in [0.2, 0.25) is 0 Å². The molecule has 1 aliphatic carbocycles. The van der Waals surface area contributed by atoms with Crippen LogP contribution in [0.3, 0.4) is 0 Å². The normalized spacial score (nSPS) is 21.0. The van der Waals surface area contributed by atoms with Gasteiger partial charge in [-0.2, -0.15) is 0 Å². The summed E-state index contributed by atoms with van der Waals surface area (Å²) in [6.07, 6.45) is 4.34. The molecule has 1 aromatic heterocycles. The van der Waals surface area contributed by atoms with Gasteiger partial charge in [0, 0.05) is 13.1 Å². The molecule has 6 heteroatoms. The van der Waals surface area contributed by atoms with Gasteiger partial charge in [-0.25, -0.2) is 4.79 Å². The van der Waals surface area contributed by atoms with E-state index in [-0.39, 0.29) is 6.03 Å². The molecule has 0 bridgehead atoms. The van der Waals surface area contributed by atoms with Crippen LogP contribution in [0.4, 0.5) is 9.93 Å². The number of amides is 2. The molecule has 3 rings (SSSR count). The molecule has 1 aromatic carbocycles. The van der Waals surface area contributed by atoms with E-state index >= 15 is 0 Å². The molecule has 0 spiro atoms. The molecular weight excluding hydrogens is 308 g/mol. The quantitative estimate of drug-likeness (QED) is 0.924. The van der Waals surface area contributed by atoms with E-state index in [1.54, 1.807) is 0 Å². The van der Waals surface area contributed by atoms with Gasteiger partial charge < -0.3 is 4.90 Å². The monoisotopic (exact) mass is 330 g/mol. The first-order valence-electron chi connectivity index (χ1n) is 8.02. The van der Waals surface area contributed by atoms with Crippen molar-refractivity contribution in [3.63, 3.8) is 0 Å². The second-order valence-electron chi connectivity index (χ2n) is 6.08. The number of rotatable bonds is 3. The maximum absolute atomic E-state index is 12.3. The standard InChI is InChI=1S/C17H22N4OS/c1-12-19-20-16(23-12)18-17(22)21(2)15-10-8-14(9-11-15)13-6-4-3-5-7-13/h3-7,14-15H,8-11H2,1-2H3,(H,18,20,22). The Morgan fingerprint density at radius 2 is 1.87 bits per heavy atom. The number of aromatic nitrogens is 2. The van der Waals surface area contributed by atoms with E-state index in [1.165, 1.54) is 16.9 Å². The van der Waals surface area contributed by atoms with Crippen LogP contribution in [0.1, 0.15) is 42.2 Å². The zero-order chi connectivity index (χ0) is 16.2. The lowest BCUT2D eigenvalue weighted by Crippen LogP contribution is -2.41. The Labute approximate surface area is 140 Å². The Balaban J connectivity index is 1.53. The van der Waals surface area contributed by atoms with Crippen molar-refractivity contribution < 1.29 is 4.79 Å². The molecule has 5 nitrogen and oxygen atoms in total. The van der Waals surface area contributed by atoms with Gasteiger partial charge in [0.1, 0.15) is 5.01 Å². The van der Waals surface area contributed by atoms with Crippen molar-refractivity contribution in [1.29, 1.82) is 0 Å². The predicted molar refractivity (Wildman–Crippen MR) is 92.9 cm³/mol. The van der Waals surface area contributed by atoms with Gasteiger partial charge in [0.15, 0.2) is 0 Å². The molecule has 1 heterocycles. The highest BCUT2D eigenvalue weighted by Gasteiger charge is 2.27. The summed E-state index contributed by atoms with van der Waals surface area (Å²) in [6.45, 7) is 1.88. The van der Waals surface area contributed by atoms with Gasteiger partial charge in [-0.05, 0) is 44.1 Å². The van der Waals surface area contributed by atoms with E-state index in [0.717, 1.165) is 30.7 Å². The molecule has 1 aliphatic rings. The minimum absolute atomic E-state index is 0.0932. The van der Waals surface area contributed by atoms with E-state index in [9.17, 15) is 4.79 Å². The lowest BCUT2D eigenvalue weighted by molar-refractivity contribution is 0.181. The number of aryl methyl sites for hydroxylation is 1. The largest absolute Gasteiger partial charge is 0.325 e. The summed E-state index contributed by atoms with van der Waals surface area (Å²) in [6, 6.07) is 10.9. The fourth-order valence-electron chi connectivity index (χ4n) is 3.21. The summed E-state index contributed by atoms with van der Waals surface area (Å²) in [5.74, 6) is 0.620. The molecule has 122 valence electrons.